The second-order valence-electron chi connectivity index (χ2n) is 7.04. The number of unbranched alkanes of at least 4 members (excludes halogenated alkanes) is 1. The first-order chi connectivity index (χ1) is 12.6. The molecule has 26 heavy (non-hydrogen) atoms. The Balaban J connectivity index is 1.75. The Morgan fingerprint density at radius 3 is 2.62 bits per heavy atom. The monoisotopic (exact) mass is 423 g/mol. The molecule has 0 atom stereocenters. The van der Waals surface area contributed by atoms with Crippen LogP contribution in [0.4, 0.5) is 0 Å². The molecule has 1 N–H and O–H groups in total. The van der Waals surface area contributed by atoms with Crippen molar-refractivity contribution in [2.75, 3.05) is 59.9 Å². The third kappa shape index (κ3) is 7.25. The second kappa shape index (κ2) is 11.6. The average molecular weight is 424 g/mol. The lowest BCUT2D eigenvalue weighted by atomic mass is 10.2. The number of nitrogens with zero attached hydrogens (tertiary/aromatic N) is 4. The molecule has 1 aliphatic heterocycles. The largest absolute Gasteiger partial charge is 0.357 e. The van der Waals surface area contributed by atoms with Crippen molar-refractivity contribution in [3.63, 3.8) is 0 Å². The first kappa shape index (κ1) is 21.2. The van der Waals surface area contributed by atoms with E-state index in [0.29, 0.717) is 0 Å². The van der Waals surface area contributed by atoms with Gasteiger partial charge in [0.05, 0.1) is 0 Å². The molecule has 0 aromatic heterocycles. The Kier molecular flexibility index (Phi) is 9.43. The van der Waals surface area contributed by atoms with Crippen LogP contribution in [0.25, 0.3) is 0 Å². The zero-order valence-electron chi connectivity index (χ0n) is 16.5. The topological polar surface area (TPSA) is 34.1 Å². The Morgan fingerprint density at radius 1 is 1.19 bits per heavy atom. The summed E-state index contributed by atoms with van der Waals surface area (Å²) in [5.74, 6) is 0.989. The summed E-state index contributed by atoms with van der Waals surface area (Å²) in [7, 11) is 4.31. The summed E-state index contributed by atoms with van der Waals surface area (Å²) in [5, 5.41) is 3.41. The highest BCUT2D eigenvalue weighted by molar-refractivity contribution is 9.10. The smallest absolute Gasteiger partial charge is 0.193 e. The van der Waals surface area contributed by atoms with Crippen molar-refractivity contribution < 1.29 is 0 Å². The zero-order chi connectivity index (χ0) is 18.8. The van der Waals surface area contributed by atoms with Gasteiger partial charge < -0.3 is 20.0 Å². The minimum absolute atomic E-state index is 0.842. The van der Waals surface area contributed by atoms with Gasteiger partial charge in [0.1, 0.15) is 0 Å². The molecule has 6 heteroatoms. The summed E-state index contributed by atoms with van der Waals surface area (Å²) in [6, 6.07) is 8.37. The molecule has 1 aromatic carbocycles. The van der Waals surface area contributed by atoms with Gasteiger partial charge in [0, 0.05) is 57.3 Å². The van der Waals surface area contributed by atoms with E-state index in [1.54, 1.807) is 0 Å². The molecule has 1 saturated heterocycles. The first-order valence-corrected chi connectivity index (χ1v) is 10.5. The molecule has 2 rings (SSSR count). The third-order valence-corrected chi connectivity index (χ3v) is 5.58. The van der Waals surface area contributed by atoms with E-state index in [9.17, 15) is 0 Å². The lowest BCUT2D eigenvalue weighted by molar-refractivity contribution is 0.152. The molecule has 0 unspecified atom stereocenters. The fourth-order valence-electron chi connectivity index (χ4n) is 3.13. The van der Waals surface area contributed by atoms with Crippen molar-refractivity contribution in [2.24, 2.45) is 4.99 Å². The summed E-state index contributed by atoms with van der Waals surface area (Å²) in [5.41, 5.74) is 1.27. The van der Waals surface area contributed by atoms with Crippen LogP contribution in [0.1, 0.15) is 25.3 Å². The first-order valence-electron chi connectivity index (χ1n) is 9.74. The average Bonchev–Trinajstić information content (AvgIpc) is 2.64. The van der Waals surface area contributed by atoms with Gasteiger partial charge >= 0.3 is 0 Å². The van der Waals surface area contributed by atoms with Crippen molar-refractivity contribution in [2.45, 2.75) is 26.3 Å². The summed E-state index contributed by atoms with van der Waals surface area (Å²) >= 11 is 3.63. The van der Waals surface area contributed by atoms with Crippen LogP contribution in [0, 0.1) is 0 Å². The minimum Gasteiger partial charge on any atom is -0.357 e. The van der Waals surface area contributed by atoms with Crippen molar-refractivity contribution in [1.82, 2.24) is 20.0 Å². The summed E-state index contributed by atoms with van der Waals surface area (Å²) < 4.78 is 1.15. The van der Waals surface area contributed by atoms with Crippen LogP contribution in [0.5, 0.6) is 0 Å². The molecule has 0 amide bonds. The van der Waals surface area contributed by atoms with Crippen LogP contribution in [0.15, 0.2) is 33.7 Å². The van der Waals surface area contributed by atoms with Gasteiger partial charge in [-0.05, 0) is 45.0 Å². The van der Waals surface area contributed by atoms with Gasteiger partial charge in [0.25, 0.3) is 0 Å². The molecule has 1 fully saturated rings. The van der Waals surface area contributed by atoms with E-state index in [1.165, 1.54) is 44.7 Å². The number of aliphatic imine (C=N–C) groups is 1. The Bertz CT molecular complexity index is 555. The van der Waals surface area contributed by atoms with Crippen molar-refractivity contribution >= 4 is 21.9 Å². The highest BCUT2D eigenvalue weighted by Crippen LogP contribution is 2.17. The van der Waals surface area contributed by atoms with Crippen LogP contribution >= 0.6 is 15.9 Å². The predicted molar refractivity (Wildman–Crippen MR) is 115 cm³/mol. The Hall–Kier alpha value is -1.11. The maximum Gasteiger partial charge on any atom is 0.193 e. The number of piperazine rings is 1. The maximum atomic E-state index is 4.82. The number of rotatable bonds is 8. The van der Waals surface area contributed by atoms with Gasteiger partial charge in [-0.1, -0.05) is 34.1 Å². The van der Waals surface area contributed by atoms with E-state index >= 15 is 0 Å². The van der Waals surface area contributed by atoms with Crippen LogP contribution in [-0.4, -0.2) is 80.6 Å². The number of hydrogen-bond acceptors (Lipinski definition) is 3. The number of benzene rings is 1. The van der Waals surface area contributed by atoms with Gasteiger partial charge in [0.15, 0.2) is 5.96 Å². The summed E-state index contributed by atoms with van der Waals surface area (Å²) in [6.45, 7) is 10.7. The summed E-state index contributed by atoms with van der Waals surface area (Å²) in [4.78, 5) is 12.0. The van der Waals surface area contributed by atoms with Crippen LogP contribution in [0.3, 0.4) is 0 Å². The lowest BCUT2D eigenvalue weighted by Gasteiger charge is -2.32. The summed E-state index contributed by atoms with van der Waals surface area (Å²) in [6.07, 6.45) is 2.37. The van der Waals surface area contributed by atoms with Crippen molar-refractivity contribution in [1.29, 1.82) is 0 Å². The molecule has 0 spiro atoms. The second-order valence-corrected chi connectivity index (χ2v) is 7.89. The molecule has 0 radical (unpaired) electrons. The molecular weight excluding hydrogens is 390 g/mol. The number of hydrogen-bond donors (Lipinski definition) is 1. The molecule has 1 heterocycles. The molecule has 146 valence electrons. The molecule has 0 aliphatic carbocycles. The van der Waals surface area contributed by atoms with Crippen molar-refractivity contribution in [3.05, 3.63) is 34.3 Å². The fourth-order valence-corrected chi connectivity index (χ4v) is 3.54. The van der Waals surface area contributed by atoms with E-state index in [0.717, 1.165) is 36.5 Å². The minimum atomic E-state index is 0.842. The SMILES string of the molecule is CCNC(=NCCCCN1CCN(C)CC1)N(C)Cc1ccccc1Br. The van der Waals surface area contributed by atoms with Gasteiger partial charge in [-0.2, -0.15) is 0 Å². The van der Waals surface area contributed by atoms with Gasteiger partial charge in [0.2, 0.25) is 0 Å². The number of halogens is 1. The van der Waals surface area contributed by atoms with E-state index in [4.69, 9.17) is 4.99 Å². The lowest BCUT2D eigenvalue weighted by Crippen LogP contribution is -2.44. The van der Waals surface area contributed by atoms with E-state index in [-0.39, 0.29) is 0 Å². The highest BCUT2D eigenvalue weighted by Gasteiger charge is 2.13. The van der Waals surface area contributed by atoms with E-state index in [1.807, 2.05) is 6.07 Å². The Labute approximate surface area is 167 Å². The van der Waals surface area contributed by atoms with Crippen molar-refractivity contribution in [3.8, 4) is 0 Å². The molecular formula is C20H34BrN5. The molecule has 0 bridgehead atoms. The quantitative estimate of drug-likeness (QED) is 0.395. The predicted octanol–water partition coefficient (Wildman–Crippen LogP) is 2.87. The fraction of sp³-hybridized carbons (Fsp3) is 0.650. The number of nitrogens with one attached hydrogen (secondary N) is 1. The normalized spacial score (nSPS) is 16.7. The van der Waals surface area contributed by atoms with Gasteiger partial charge in [-0.3, -0.25) is 4.99 Å². The molecule has 5 nitrogen and oxygen atoms in total. The molecule has 1 aromatic rings. The van der Waals surface area contributed by atoms with Crippen LogP contribution in [-0.2, 0) is 6.54 Å². The highest BCUT2D eigenvalue weighted by atomic mass is 79.9. The molecule has 0 saturated carbocycles. The van der Waals surface area contributed by atoms with E-state index in [2.05, 4.69) is 75.2 Å². The maximum absolute atomic E-state index is 4.82. The van der Waals surface area contributed by atoms with Gasteiger partial charge in [-0.25, -0.2) is 0 Å². The van der Waals surface area contributed by atoms with Gasteiger partial charge in [-0.15, -0.1) is 0 Å². The standard InChI is InChI=1S/C20H34BrN5/c1-4-22-20(25(3)17-18-9-5-6-10-19(18)21)23-11-7-8-12-26-15-13-24(2)14-16-26/h5-6,9-10H,4,7-8,11-17H2,1-3H3,(H,22,23). The number of likely N-dealkylation sites (N-methyl/N-ethyl adjacent to an activating group) is 1. The zero-order valence-corrected chi connectivity index (χ0v) is 18.1. The Morgan fingerprint density at radius 2 is 1.92 bits per heavy atom. The molecule has 1 aliphatic rings. The van der Waals surface area contributed by atoms with E-state index < -0.39 is 0 Å². The van der Waals surface area contributed by atoms with Crippen LogP contribution in [0.2, 0.25) is 0 Å². The van der Waals surface area contributed by atoms with Crippen LogP contribution < -0.4 is 5.32 Å². The third-order valence-electron chi connectivity index (χ3n) is 4.80. The number of guanidine groups is 1.